The SMILES string of the molecule is CCCCC(F)(F)C(F)(F)CF. The van der Waals surface area contributed by atoms with Crippen molar-refractivity contribution < 1.29 is 22.0 Å². The monoisotopic (exact) mass is 190 g/mol. The zero-order valence-electron chi connectivity index (χ0n) is 6.72. The first-order valence-corrected chi connectivity index (χ1v) is 3.69. The molecular formula is C7H11F5. The van der Waals surface area contributed by atoms with Gasteiger partial charge in [-0.05, 0) is 6.42 Å². The van der Waals surface area contributed by atoms with E-state index in [1.54, 1.807) is 6.92 Å². The van der Waals surface area contributed by atoms with Crippen LogP contribution in [0, 0.1) is 0 Å². The average Bonchev–Trinajstić information content (AvgIpc) is 2.00. The molecule has 0 fully saturated rings. The molecule has 74 valence electrons. The highest BCUT2D eigenvalue weighted by molar-refractivity contribution is 4.83. The summed E-state index contributed by atoms with van der Waals surface area (Å²) in [5, 5.41) is 0. The molecule has 12 heavy (non-hydrogen) atoms. The highest BCUT2D eigenvalue weighted by Gasteiger charge is 2.55. The van der Waals surface area contributed by atoms with Crippen molar-refractivity contribution in [2.24, 2.45) is 0 Å². The predicted molar refractivity (Wildman–Crippen MR) is 35.4 cm³/mol. The lowest BCUT2D eigenvalue weighted by molar-refractivity contribution is -0.218. The molecule has 0 unspecified atom stereocenters. The highest BCUT2D eigenvalue weighted by Crippen LogP contribution is 2.38. The Kier molecular flexibility index (Phi) is 3.93. The van der Waals surface area contributed by atoms with Crippen molar-refractivity contribution in [2.45, 2.75) is 38.0 Å². The first-order chi connectivity index (χ1) is 5.37. The number of halogens is 5. The minimum atomic E-state index is -4.51. The molecule has 0 amide bonds. The molecule has 0 N–H and O–H groups in total. The summed E-state index contributed by atoms with van der Waals surface area (Å²) in [4.78, 5) is 0. The number of rotatable bonds is 5. The summed E-state index contributed by atoms with van der Waals surface area (Å²) >= 11 is 0. The van der Waals surface area contributed by atoms with Gasteiger partial charge in [-0.25, -0.2) is 4.39 Å². The molecule has 0 aliphatic rings. The molecule has 0 aliphatic heterocycles. The van der Waals surface area contributed by atoms with Crippen molar-refractivity contribution in [1.29, 1.82) is 0 Å². The van der Waals surface area contributed by atoms with E-state index in [1.807, 2.05) is 0 Å². The van der Waals surface area contributed by atoms with Gasteiger partial charge in [0.25, 0.3) is 0 Å². The van der Waals surface area contributed by atoms with Crippen LogP contribution in [0.1, 0.15) is 26.2 Å². The van der Waals surface area contributed by atoms with E-state index in [4.69, 9.17) is 0 Å². The number of unbranched alkanes of at least 4 members (excludes halogenated alkanes) is 1. The van der Waals surface area contributed by atoms with E-state index in [0.717, 1.165) is 0 Å². The van der Waals surface area contributed by atoms with Gasteiger partial charge in [0.05, 0.1) is 0 Å². The Morgan fingerprint density at radius 3 is 1.83 bits per heavy atom. The lowest BCUT2D eigenvalue weighted by Gasteiger charge is -2.23. The summed E-state index contributed by atoms with van der Waals surface area (Å²) in [6, 6.07) is 0. The molecule has 0 rings (SSSR count). The molecule has 0 aromatic heterocycles. The van der Waals surface area contributed by atoms with Gasteiger partial charge in [0.2, 0.25) is 0 Å². The third kappa shape index (κ3) is 2.60. The van der Waals surface area contributed by atoms with Gasteiger partial charge in [-0.3, -0.25) is 0 Å². The van der Waals surface area contributed by atoms with Gasteiger partial charge in [0.1, 0.15) is 0 Å². The van der Waals surface area contributed by atoms with Gasteiger partial charge in [-0.1, -0.05) is 13.3 Å². The molecule has 0 atom stereocenters. The van der Waals surface area contributed by atoms with Crippen LogP contribution in [-0.2, 0) is 0 Å². The van der Waals surface area contributed by atoms with Crippen molar-refractivity contribution in [3.05, 3.63) is 0 Å². The summed E-state index contributed by atoms with van der Waals surface area (Å²) in [5.74, 6) is -8.72. The zero-order valence-corrected chi connectivity index (χ0v) is 6.72. The Balaban J connectivity index is 4.17. The standard InChI is InChI=1S/C7H11F5/c1-2-3-4-6(9,10)7(11,12)5-8/h2-5H2,1H3. The van der Waals surface area contributed by atoms with E-state index in [0.29, 0.717) is 6.42 Å². The Bertz CT molecular complexity index is 132. The Labute approximate surface area is 67.8 Å². The lowest BCUT2D eigenvalue weighted by atomic mass is 10.1. The van der Waals surface area contributed by atoms with Crippen LogP contribution in [0.2, 0.25) is 0 Å². The molecule has 5 heteroatoms. The molecule has 0 bridgehead atoms. The van der Waals surface area contributed by atoms with Crippen LogP contribution >= 0.6 is 0 Å². The van der Waals surface area contributed by atoms with E-state index in [1.165, 1.54) is 0 Å². The zero-order chi connectivity index (χ0) is 9.83. The molecule has 0 aliphatic carbocycles. The van der Waals surface area contributed by atoms with Gasteiger partial charge in [-0.15, -0.1) is 0 Å². The van der Waals surface area contributed by atoms with Crippen molar-refractivity contribution in [1.82, 2.24) is 0 Å². The molecule has 0 spiro atoms. The van der Waals surface area contributed by atoms with Crippen LogP contribution in [0.15, 0.2) is 0 Å². The topological polar surface area (TPSA) is 0 Å². The van der Waals surface area contributed by atoms with E-state index in [2.05, 4.69) is 0 Å². The fourth-order valence-electron chi connectivity index (χ4n) is 0.679. The highest BCUT2D eigenvalue weighted by atomic mass is 19.3. The number of alkyl halides is 5. The maximum Gasteiger partial charge on any atom is 0.337 e. The van der Waals surface area contributed by atoms with E-state index in [9.17, 15) is 22.0 Å². The number of hydrogen-bond donors (Lipinski definition) is 0. The average molecular weight is 190 g/mol. The van der Waals surface area contributed by atoms with Gasteiger partial charge in [0, 0.05) is 6.42 Å². The van der Waals surface area contributed by atoms with Gasteiger partial charge < -0.3 is 0 Å². The summed E-state index contributed by atoms with van der Waals surface area (Å²) in [7, 11) is 0. The predicted octanol–water partition coefficient (Wildman–Crippen LogP) is 3.42. The van der Waals surface area contributed by atoms with Gasteiger partial charge in [0.15, 0.2) is 6.67 Å². The first kappa shape index (κ1) is 11.6. The Morgan fingerprint density at radius 2 is 1.50 bits per heavy atom. The van der Waals surface area contributed by atoms with Crippen LogP contribution in [0.5, 0.6) is 0 Å². The van der Waals surface area contributed by atoms with Crippen molar-refractivity contribution in [3.8, 4) is 0 Å². The molecule has 0 aromatic rings. The molecule has 0 aromatic carbocycles. The Hall–Kier alpha value is -0.350. The van der Waals surface area contributed by atoms with Crippen LogP contribution in [0.3, 0.4) is 0 Å². The van der Waals surface area contributed by atoms with E-state index < -0.39 is 24.9 Å². The maximum absolute atomic E-state index is 12.4. The molecule has 0 heterocycles. The largest absolute Gasteiger partial charge is 0.337 e. The maximum atomic E-state index is 12.4. The summed E-state index contributed by atoms with van der Waals surface area (Å²) in [6.45, 7) is -0.701. The van der Waals surface area contributed by atoms with Crippen molar-refractivity contribution in [2.75, 3.05) is 6.67 Å². The van der Waals surface area contributed by atoms with Crippen LogP contribution in [0.4, 0.5) is 22.0 Å². The third-order valence-corrected chi connectivity index (χ3v) is 1.55. The summed E-state index contributed by atoms with van der Waals surface area (Å²) < 4.78 is 60.5. The minimum Gasteiger partial charge on any atom is -0.244 e. The fourth-order valence-corrected chi connectivity index (χ4v) is 0.679. The second-order valence-corrected chi connectivity index (χ2v) is 2.65. The molecule has 0 saturated carbocycles. The third-order valence-electron chi connectivity index (χ3n) is 1.55. The quantitative estimate of drug-likeness (QED) is 0.582. The first-order valence-electron chi connectivity index (χ1n) is 3.69. The summed E-state index contributed by atoms with van der Waals surface area (Å²) in [5.41, 5.74) is 0. The molecule has 0 radical (unpaired) electrons. The lowest BCUT2D eigenvalue weighted by Crippen LogP contribution is -2.42. The normalized spacial score (nSPS) is 13.5. The van der Waals surface area contributed by atoms with E-state index in [-0.39, 0.29) is 6.42 Å². The van der Waals surface area contributed by atoms with Gasteiger partial charge >= 0.3 is 11.8 Å². The molecule has 0 saturated heterocycles. The van der Waals surface area contributed by atoms with E-state index >= 15 is 0 Å². The molecular weight excluding hydrogens is 179 g/mol. The second-order valence-electron chi connectivity index (χ2n) is 2.65. The smallest absolute Gasteiger partial charge is 0.244 e. The van der Waals surface area contributed by atoms with Crippen molar-refractivity contribution in [3.63, 3.8) is 0 Å². The Morgan fingerprint density at radius 1 is 1.00 bits per heavy atom. The van der Waals surface area contributed by atoms with Crippen LogP contribution < -0.4 is 0 Å². The fraction of sp³-hybridized carbons (Fsp3) is 1.00. The minimum absolute atomic E-state index is 0.0252. The second kappa shape index (κ2) is 4.05. The van der Waals surface area contributed by atoms with Gasteiger partial charge in [-0.2, -0.15) is 17.6 Å². The van der Waals surface area contributed by atoms with Crippen molar-refractivity contribution >= 4 is 0 Å². The molecule has 0 nitrogen and oxygen atoms in total. The van der Waals surface area contributed by atoms with Crippen LogP contribution in [-0.4, -0.2) is 18.5 Å². The number of hydrogen-bond acceptors (Lipinski definition) is 0. The van der Waals surface area contributed by atoms with Crippen LogP contribution in [0.25, 0.3) is 0 Å². The summed E-state index contributed by atoms with van der Waals surface area (Å²) in [6.07, 6.45) is -0.596.